The van der Waals surface area contributed by atoms with Crippen molar-refractivity contribution in [2.75, 3.05) is 18.6 Å². The molecule has 0 saturated heterocycles. The standard InChI is InChI=1S/C24H25N3O3S/c1-30-20-10-8-19(9-11-20)27(15-21-7-4-12-31-21)23(28)16-26-14-18-6-3-2-5-17(18)13-22(26)24(25)29/h2-12,22H,13-16H2,1H3,(H2,25,29)/t22-/m0/s1. The maximum absolute atomic E-state index is 13.5. The zero-order valence-corrected chi connectivity index (χ0v) is 18.2. The van der Waals surface area contributed by atoms with E-state index in [0.29, 0.717) is 19.5 Å². The van der Waals surface area contributed by atoms with Crippen LogP contribution in [-0.2, 0) is 29.1 Å². The van der Waals surface area contributed by atoms with Crippen LogP contribution in [0.3, 0.4) is 0 Å². The molecule has 3 aromatic rings. The van der Waals surface area contributed by atoms with Gasteiger partial charge in [-0.2, -0.15) is 0 Å². The average molecular weight is 436 g/mol. The lowest BCUT2D eigenvalue weighted by atomic mass is 9.93. The summed E-state index contributed by atoms with van der Waals surface area (Å²) < 4.78 is 5.25. The van der Waals surface area contributed by atoms with Crippen LogP contribution in [0, 0.1) is 0 Å². The van der Waals surface area contributed by atoms with Crippen LogP contribution in [0.5, 0.6) is 5.75 Å². The second-order valence-corrected chi connectivity index (χ2v) is 8.59. The number of rotatable bonds is 7. The number of nitrogens with zero attached hydrogens (tertiary/aromatic N) is 2. The molecule has 2 heterocycles. The number of primary amides is 1. The van der Waals surface area contributed by atoms with E-state index in [-0.39, 0.29) is 12.5 Å². The predicted octanol–water partition coefficient (Wildman–Crippen LogP) is 3.20. The van der Waals surface area contributed by atoms with Gasteiger partial charge in [-0.25, -0.2) is 0 Å². The van der Waals surface area contributed by atoms with Gasteiger partial charge in [0.1, 0.15) is 5.75 Å². The maximum atomic E-state index is 13.5. The fourth-order valence-electron chi connectivity index (χ4n) is 3.93. The molecule has 2 amide bonds. The molecule has 0 unspecified atom stereocenters. The Morgan fingerprint density at radius 2 is 1.84 bits per heavy atom. The van der Waals surface area contributed by atoms with Crippen LogP contribution < -0.4 is 15.4 Å². The number of hydrogen-bond acceptors (Lipinski definition) is 5. The highest BCUT2D eigenvalue weighted by molar-refractivity contribution is 7.09. The van der Waals surface area contributed by atoms with E-state index < -0.39 is 11.9 Å². The molecule has 160 valence electrons. The summed E-state index contributed by atoms with van der Waals surface area (Å²) in [5.74, 6) is 0.245. The number of anilines is 1. The number of carbonyl (C=O) groups is 2. The van der Waals surface area contributed by atoms with Crippen LogP contribution in [0.15, 0.2) is 66.0 Å². The molecule has 4 rings (SSSR count). The number of methoxy groups -OCH3 is 1. The topological polar surface area (TPSA) is 75.9 Å². The van der Waals surface area contributed by atoms with Gasteiger partial charge in [-0.05, 0) is 53.3 Å². The van der Waals surface area contributed by atoms with Gasteiger partial charge in [-0.3, -0.25) is 14.5 Å². The van der Waals surface area contributed by atoms with Crippen LogP contribution in [0.1, 0.15) is 16.0 Å². The van der Waals surface area contributed by atoms with Crippen LogP contribution in [0.4, 0.5) is 5.69 Å². The summed E-state index contributed by atoms with van der Waals surface area (Å²) in [6, 6.07) is 18.9. The van der Waals surface area contributed by atoms with Gasteiger partial charge in [0.25, 0.3) is 0 Å². The van der Waals surface area contributed by atoms with Crippen molar-refractivity contribution in [2.45, 2.75) is 25.6 Å². The molecule has 1 aromatic heterocycles. The second kappa shape index (κ2) is 9.32. The minimum absolute atomic E-state index is 0.0794. The lowest BCUT2D eigenvalue weighted by molar-refractivity contribution is -0.126. The van der Waals surface area contributed by atoms with Gasteiger partial charge in [0.05, 0.1) is 26.2 Å². The third-order valence-corrected chi connectivity index (χ3v) is 6.45. The quantitative estimate of drug-likeness (QED) is 0.618. The summed E-state index contributed by atoms with van der Waals surface area (Å²) >= 11 is 1.61. The van der Waals surface area contributed by atoms with E-state index in [4.69, 9.17) is 10.5 Å². The van der Waals surface area contributed by atoms with Crippen molar-refractivity contribution in [3.05, 3.63) is 82.0 Å². The molecule has 2 aromatic carbocycles. The zero-order valence-electron chi connectivity index (χ0n) is 17.4. The van der Waals surface area contributed by atoms with Crippen LogP contribution in [-0.4, -0.2) is 36.4 Å². The average Bonchev–Trinajstić information content (AvgIpc) is 3.30. The molecule has 31 heavy (non-hydrogen) atoms. The third kappa shape index (κ3) is 4.78. The lowest BCUT2D eigenvalue weighted by Crippen LogP contribution is -2.52. The number of nitrogens with two attached hydrogens (primary N) is 1. The van der Waals surface area contributed by atoms with Gasteiger partial charge in [-0.15, -0.1) is 11.3 Å². The van der Waals surface area contributed by atoms with Gasteiger partial charge >= 0.3 is 0 Å². The molecule has 0 fully saturated rings. The van der Waals surface area contributed by atoms with Crippen molar-refractivity contribution in [1.29, 1.82) is 0 Å². The Labute approximate surface area is 185 Å². The molecule has 0 spiro atoms. The summed E-state index contributed by atoms with van der Waals surface area (Å²) in [6.45, 7) is 1.10. The van der Waals surface area contributed by atoms with Gasteiger partial charge in [0.15, 0.2) is 0 Å². The van der Waals surface area contributed by atoms with E-state index in [0.717, 1.165) is 27.4 Å². The first-order chi connectivity index (χ1) is 15.0. The first kappa shape index (κ1) is 21.1. The highest BCUT2D eigenvalue weighted by Gasteiger charge is 2.32. The van der Waals surface area contributed by atoms with Gasteiger partial charge in [0.2, 0.25) is 11.8 Å². The van der Waals surface area contributed by atoms with Crippen molar-refractivity contribution in [2.24, 2.45) is 5.73 Å². The normalized spacial score (nSPS) is 15.8. The molecular weight excluding hydrogens is 410 g/mol. The molecule has 1 atom stereocenters. The Morgan fingerprint density at radius 1 is 1.10 bits per heavy atom. The number of ether oxygens (including phenoxy) is 1. The van der Waals surface area contributed by atoms with Crippen molar-refractivity contribution in [3.8, 4) is 5.75 Å². The smallest absolute Gasteiger partial charge is 0.241 e. The van der Waals surface area contributed by atoms with E-state index in [9.17, 15) is 9.59 Å². The van der Waals surface area contributed by atoms with E-state index in [2.05, 4.69) is 0 Å². The molecule has 0 aliphatic carbocycles. The maximum Gasteiger partial charge on any atom is 0.241 e. The van der Waals surface area contributed by atoms with Crippen molar-refractivity contribution >= 4 is 28.8 Å². The molecular formula is C24H25N3O3S. The highest BCUT2D eigenvalue weighted by Crippen LogP contribution is 2.26. The Bertz CT molecular complexity index is 1050. The van der Waals surface area contributed by atoms with Gasteiger partial charge in [0, 0.05) is 17.1 Å². The number of hydrogen-bond donors (Lipinski definition) is 1. The molecule has 7 heteroatoms. The molecule has 0 saturated carbocycles. The van der Waals surface area contributed by atoms with Gasteiger partial charge < -0.3 is 15.4 Å². The first-order valence-corrected chi connectivity index (χ1v) is 11.0. The number of carbonyl (C=O) groups excluding carboxylic acids is 2. The van der Waals surface area contributed by atoms with Crippen molar-refractivity contribution < 1.29 is 14.3 Å². The fourth-order valence-corrected chi connectivity index (χ4v) is 4.62. The molecule has 6 nitrogen and oxygen atoms in total. The molecule has 1 aliphatic rings. The van der Waals surface area contributed by atoms with E-state index in [1.54, 1.807) is 23.3 Å². The van der Waals surface area contributed by atoms with Crippen LogP contribution in [0.25, 0.3) is 0 Å². The Kier molecular flexibility index (Phi) is 6.34. The Hall–Kier alpha value is -3.16. The summed E-state index contributed by atoms with van der Waals surface area (Å²) in [4.78, 5) is 30.4. The first-order valence-electron chi connectivity index (χ1n) is 10.1. The summed E-state index contributed by atoms with van der Waals surface area (Å²) in [7, 11) is 1.61. The number of amides is 2. The fraction of sp³-hybridized carbons (Fsp3) is 0.250. The van der Waals surface area contributed by atoms with E-state index >= 15 is 0 Å². The summed E-state index contributed by atoms with van der Waals surface area (Å²) in [6.07, 6.45) is 0.520. The minimum Gasteiger partial charge on any atom is -0.497 e. The van der Waals surface area contributed by atoms with Crippen LogP contribution in [0.2, 0.25) is 0 Å². The number of thiophene rings is 1. The SMILES string of the molecule is COc1ccc(N(Cc2cccs2)C(=O)CN2Cc3ccccc3C[C@H]2C(N)=O)cc1. The molecule has 2 N–H and O–H groups in total. The number of fused-ring (bicyclic) bond motifs is 1. The van der Waals surface area contributed by atoms with Crippen LogP contribution >= 0.6 is 11.3 Å². The molecule has 1 aliphatic heterocycles. The monoisotopic (exact) mass is 435 g/mol. The highest BCUT2D eigenvalue weighted by atomic mass is 32.1. The summed E-state index contributed by atoms with van der Waals surface area (Å²) in [5.41, 5.74) is 8.72. The van der Waals surface area contributed by atoms with Crippen molar-refractivity contribution in [3.63, 3.8) is 0 Å². The third-order valence-electron chi connectivity index (χ3n) is 5.59. The lowest BCUT2D eigenvalue weighted by Gasteiger charge is -2.36. The zero-order chi connectivity index (χ0) is 21.8. The Morgan fingerprint density at radius 3 is 2.48 bits per heavy atom. The van der Waals surface area contributed by atoms with Gasteiger partial charge in [-0.1, -0.05) is 30.3 Å². The Balaban J connectivity index is 1.59. The predicted molar refractivity (Wildman–Crippen MR) is 122 cm³/mol. The summed E-state index contributed by atoms with van der Waals surface area (Å²) in [5, 5.41) is 2.00. The second-order valence-electron chi connectivity index (χ2n) is 7.55. The molecule has 0 bridgehead atoms. The number of benzene rings is 2. The largest absolute Gasteiger partial charge is 0.497 e. The van der Waals surface area contributed by atoms with E-state index in [1.165, 1.54) is 0 Å². The van der Waals surface area contributed by atoms with Crippen molar-refractivity contribution in [1.82, 2.24) is 4.90 Å². The minimum atomic E-state index is -0.502. The molecule has 0 radical (unpaired) electrons. The van der Waals surface area contributed by atoms with E-state index in [1.807, 2.05) is 70.9 Å².